The molecular weight excluding hydrogens is 336 g/mol. The number of nitrogens with one attached hydrogen (secondary N) is 1. The van der Waals surface area contributed by atoms with Gasteiger partial charge in [0.05, 0.1) is 31.1 Å². The summed E-state index contributed by atoms with van der Waals surface area (Å²) in [6, 6.07) is 5.64. The lowest BCUT2D eigenvalue weighted by Crippen LogP contribution is -2.33. The molecule has 1 unspecified atom stereocenters. The van der Waals surface area contributed by atoms with E-state index < -0.39 is 6.09 Å². The van der Waals surface area contributed by atoms with Gasteiger partial charge in [0.15, 0.2) is 0 Å². The largest absolute Gasteiger partial charge is 0.492 e. The maximum atomic E-state index is 12.2. The smallest absolute Gasteiger partial charge is 0.414 e. The number of amides is 2. The Kier molecular flexibility index (Phi) is 4.02. The Morgan fingerprint density at radius 3 is 3.08 bits per heavy atom. The number of carbonyl (C=O) groups is 2. The lowest BCUT2D eigenvalue weighted by molar-refractivity contribution is -0.119. The predicted octanol–water partition coefficient (Wildman–Crippen LogP) is 1.48. The number of aryl methyl sites for hydroxylation is 1. The highest BCUT2D eigenvalue weighted by molar-refractivity contribution is 5.91. The van der Waals surface area contributed by atoms with Gasteiger partial charge in [0.2, 0.25) is 5.91 Å². The van der Waals surface area contributed by atoms with E-state index in [1.165, 1.54) is 6.92 Å². The normalized spacial score (nSPS) is 18.5. The van der Waals surface area contributed by atoms with E-state index >= 15 is 0 Å². The second-order valence-electron chi connectivity index (χ2n) is 6.51. The topological polar surface area (TPSA) is 85.7 Å². The minimum atomic E-state index is -0.424. The monoisotopic (exact) mass is 356 g/mol. The summed E-state index contributed by atoms with van der Waals surface area (Å²) in [5.41, 5.74) is 3.69. The van der Waals surface area contributed by atoms with Crippen LogP contribution < -0.4 is 15.0 Å². The summed E-state index contributed by atoms with van der Waals surface area (Å²) in [5, 5.41) is 7.21. The van der Waals surface area contributed by atoms with Crippen molar-refractivity contribution in [2.24, 2.45) is 7.05 Å². The first-order valence-corrected chi connectivity index (χ1v) is 8.53. The highest BCUT2D eigenvalue weighted by Gasteiger charge is 2.33. The van der Waals surface area contributed by atoms with Crippen molar-refractivity contribution in [2.75, 3.05) is 24.6 Å². The molecule has 0 bridgehead atoms. The van der Waals surface area contributed by atoms with Crippen LogP contribution in [0.15, 0.2) is 24.4 Å². The maximum Gasteiger partial charge on any atom is 0.414 e. The fourth-order valence-corrected chi connectivity index (χ4v) is 3.31. The zero-order valence-corrected chi connectivity index (χ0v) is 14.7. The van der Waals surface area contributed by atoms with Gasteiger partial charge in [-0.2, -0.15) is 5.10 Å². The molecule has 0 spiro atoms. The van der Waals surface area contributed by atoms with Gasteiger partial charge >= 0.3 is 6.09 Å². The summed E-state index contributed by atoms with van der Waals surface area (Å²) in [6.07, 6.45) is 2.00. The number of aromatic nitrogens is 2. The van der Waals surface area contributed by atoms with E-state index in [0.717, 1.165) is 23.2 Å². The molecule has 1 aromatic carbocycles. The van der Waals surface area contributed by atoms with Crippen LogP contribution in [-0.2, 0) is 23.0 Å². The Balaban J connectivity index is 1.59. The average Bonchev–Trinajstić information content (AvgIpc) is 3.11. The quantitative estimate of drug-likeness (QED) is 0.900. The van der Waals surface area contributed by atoms with Crippen LogP contribution in [0, 0.1) is 0 Å². The SMILES string of the molecule is CC(=O)NCC1CN(c2ccc3c(c2)OCCc2cn(C)nc2-3)C(=O)O1. The summed E-state index contributed by atoms with van der Waals surface area (Å²) in [5.74, 6) is 0.558. The zero-order chi connectivity index (χ0) is 18.3. The number of hydrogen-bond acceptors (Lipinski definition) is 5. The minimum absolute atomic E-state index is 0.149. The van der Waals surface area contributed by atoms with E-state index in [2.05, 4.69) is 10.4 Å². The van der Waals surface area contributed by atoms with Crippen molar-refractivity contribution in [1.29, 1.82) is 0 Å². The number of benzene rings is 1. The van der Waals surface area contributed by atoms with Gasteiger partial charge in [-0.15, -0.1) is 0 Å². The number of anilines is 1. The van der Waals surface area contributed by atoms with E-state index in [0.29, 0.717) is 31.1 Å². The molecule has 4 rings (SSSR count). The molecular formula is C18H20N4O4. The Morgan fingerprint density at radius 2 is 2.27 bits per heavy atom. The lowest BCUT2D eigenvalue weighted by atomic mass is 10.1. The Bertz CT molecular complexity index is 876. The van der Waals surface area contributed by atoms with Gasteiger partial charge in [-0.25, -0.2) is 4.79 Å². The molecule has 0 radical (unpaired) electrons. The highest BCUT2D eigenvalue weighted by Crippen LogP contribution is 2.37. The van der Waals surface area contributed by atoms with E-state index in [1.54, 1.807) is 9.58 Å². The molecule has 1 atom stereocenters. The van der Waals surface area contributed by atoms with Gasteiger partial charge in [0.25, 0.3) is 0 Å². The number of nitrogens with zero attached hydrogens (tertiary/aromatic N) is 3. The van der Waals surface area contributed by atoms with E-state index in [4.69, 9.17) is 9.47 Å². The average molecular weight is 356 g/mol. The van der Waals surface area contributed by atoms with Crippen molar-refractivity contribution in [1.82, 2.24) is 15.1 Å². The van der Waals surface area contributed by atoms with Gasteiger partial charge in [0, 0.05) is 43.8 Å². The molecule has 136 valence electrons. The molecule has 8 heteroatoms. The van der Waals surface area contributed by atoms with Crippen LogP contribution in [0.3, 0.4) is 0 Å². The van der Waals surface area contributed by atoms with Crippen LogP contribution in [0.1, 0.15) is 12.5 Å². The Hall–Kier alpha value is -3.03. The van der Waals surface area contributed by atoms with Crippen LogP contribution in [0.25, 0.3) is 11.3 Å². The molecule has 8 nitrogen and oxygen atoms in total. The fourth-order valence-electron chi connectivity index (χ4n) is 3.31. The minimum Gasteiger partial charge on any atom is -0.492 e. The third-order valence-corrected chi connectivity index (χ3v) is 4.52. The number of carbonyl (C=O) groups excluding carboxylic acids is 2. The fraction of sp³-hybridized carbons (Fsp3) is 0.389. The molecule has 26 heavy (non-hydrogen) atoms. The lowest BCUT2D eigenvalue weighted by Gasteiger charge is -2.16. The standard InChI is InChI=1S/C18H20N4O4/c1-11(23)19-8-14-10-22(18(24)26-14)13-3-4-15-16(7-13)25-6-5-12-9-21(2)20-17(12)15/h3-4,7,9,14H,5-6,8,10H2,1-2H3,(H,19,23). The summed E-state index contributed by atoms with van der Waals surface area (Å²) in [7, 11) is 1.90. The van der Waals surface area contributed by atoms with Gasteiger partial charge in [-0.3, -0.25) is 14.4 Å². The number of rotatable bonds is 3. The summed E-state index contributed by atoms with van der Waals surface area (Å²) >= 11 is 0. The first-order chi connectivity index (χ1) is 12.5. The van der Waals surface area contributed by atoms with E-state index in [1.807, 2.05) is 31.4 Å². The third-order valence-electron chi connectivity index (χ3n) is 4.52. The van der Waals surface area contributed by atoms with Crippen LogP contribution in [0.5, 0.6) is 5.75 Å². The van der Waals surface area contributed by atoms with Gasteiger partial charge in [-0.05, 0) is 12.1 Å². The first kappa shape index (κ1) is 16.4. The van der Waals surface area contributed by atoms with Gasteiger partial charge in [0.1, 0.15) is 11.9 Å². The predicted molar refractivity (Wildman–Crippen MR) is 94.1 cm³/mol. The van der Waals surface area contributed by atoms with Crippen LogP contribution in [-0.4, -0.2) is 47.6 Å². The molecule has 1 N–H and O–H groups in total. The zero-order valence-electron chi connectivity index (χ0n) is 14.7. The third kappa shape index (κ3) is 2.98. The molecule has 1 saturated heterocycles. The van der Waals surface area contributed by atoms with Crippen molar-refractivity contribution >= 4 is 17.7 Å². The Labute approximate surface area is 150 Å². The van der Waals surface area contributed by atoms with Crippen LogP contribution in [0.4, 0.5) is 10.5 Å². The molecule has 0 saturated carbocycles. The summed E-state index contributed by atoms with van der Waals surface area (Å²) in [4.78, 5) is 24.8. The van der Waals surface area contributed by atoms with Gasteiger partial charge in [-0.1, -0.05) is 0 Å². The van der Waals surface area contributed by atoms with Crippen molar-refractivity contribution in [3.05, 3.63) is 30.0 Å². The van der Waals surface area contributed by atoms with E-state index in [-0.39, 0.29) is 12.0 Å². The molecule has 1 aromatic heterocycles. The number of hydrogen-bond donors (Lipinski definition) is 1. The molecule has 3 heterocycles. The molecule has 2 aromatic rings. The molecule has 0 aliphatic carbocycles. The summed E-state index contributed by atoms with van der Waals surface area (Å²) < 4.78 is 13.0. The summed E-state index contributed by atoms with van der Waals surface area (Å²) in [6.45, 7) is 2.68. The second kappa shape index (κ2) is 6.36. The first-order valence-electron chi connectivity index (χ1n) is 8.53. The van der Waals surface area contributed by atoms with E-state index in [9.17, 15) is 9.59 Å². The van der Waals surface area contributed by atoms with Crippen molar-refractivity contribution < 1.29 is 19.1 Å². The van der Waals surface area contributed by atoms with Gasteiger partial charge < -0.3 is 14.8 Å². The molecule has 2 amide bonds. The molecule has 1 fully saturated rings. The van der Waals surface area contributed by atoms with Crippen LogP contribution in [0.2, 0.25) is 0 Å². The molecule has 2 aliphatic heterocycles. The molecule has 2 aliphatic rings. The number of fused-ring (bicyclic) bond motifs is 3. The van der Waals surface area contributed by atoms with Crippen molar-refractivity contribution in [2.45, 2.75) is 19.4 Å². The van der Waals surface area contributed by atoms with Crippen molar-refractivity contribution in [3.8, 4) is 17.0 Å². The maximum absolute atomic E-state index is 12.2. The van der Waals surface area contributed by atoms with Crippen molar-refractivity contribution in [3.63, 3.8) is 0 Å². The number of ether oxygens (including phenoxy) is 2. The van der Waals surface area contributed by atoms with Crippen LogP contribution >= 0.6 is 0 Å². The highest BCUT2D eigenvalue weighted by atomic mass is 16.6. The Morgan fingerprint density at radius 1 is 1.42 bits per heavy atom. The number of cyclic esters (lactones) is 1. The second-order valence-corrected chi connectivity index (χ2v) is 6.51.